The van der Waals surface area contributed by atoms with E-state index in [0.29, 0.717) is 43.3 Å². The van der Waals surface area contributed by atoms with Gasteiger partial charge in [-0.2, -0.15) is 0 Å². The van der Waals surface area contributed by atoms with Crippen LogP contribution in [-0.4, -0.2) is 141 Å². The van der Waals surface area contributed by atoms with E-state index < -0.39 is 66.4 Å². The number of aliphatic hydroxyl groups excluding tert-OH is 1. The summed E-state index contributed by atoms with van der Waals surface area (Å²) in [5.74, 6) is -2.51. The Morgan fingerprint density at radius 3 is 2.35 bits per heavy atom. The van der Waals surface area contributed by atoms with E-state index in [1.807, 2.05) is 39.1 Å². The molecule has 0 aromatic heterocycles. The van der Waals surface area contributed by atoms with Crippen molar-refractivity contribution in [2.24, 2.45) is 23.7 Å². The number of fused-ring (bicyclic) bond motifs is 2. The summed E-state index contributed by atoms with van der Waals surface area (Å²) in [7, 11) is 5.30. The molecule has 1 spiro atoms. The molecule has 18 unspecified atom stereocenters. The second-order valence-corrected chi connectivity index (χ2v) is 19.3. The van der Waals surface area contributed by atoms with Crippen molar-refractivity contribution < 1.29 is 62.4 Å². The standard InChI is InChI=1S/C49H75NO13/c1-12-26(2)44-29(5)18-19-48(63-44)24-35-21-34(62-48)17-16-28(4)43(27(3)14-13-15-33-25-56-46-42(51)30(6)20-36(47(52)59-35)49(33,46)53)60-40-23-38(55-11)45(32(8)58-40)61-39-22-37(54-10)41(50-9)31(7)57-39/h13-16,18-20,26-27,29,31-32,34-46,50-51,53H,12,17,21-25H2,1-11H3/t26?,27?,29?,31?,32?,34?,35?,36?,37?,38?,39?,40?,41?,42?,43?,44?,45?,46?,48-,49-/m1/s1. The maximum absolute atomic E-state index is 14.4. The van der Waals surface area contributed by atoms with Gasteiger partial charge in [-0.15, -0.1) is 0 Å². The first-order chi connectivity index (χ1) is 30.0. The van der Waals surface area contributed by atoms with Gasteiger partial charge >= 0.3 is 5.97 Å². The quantitative estimate of drug-likeness (QED) is 0.194. The Labute approximate surface area is 374 Å². The number of rotatable bonds is 9. The number of methoxy groups -OCH3 is 2. The van der Waals surface area contributed by atoms with Crippen LogP contribution in [0.1, 0.15) is 93.9 Å². The van der Waals surface area contributed by atoms with Crippen molar-refractivity contribution >= 4 is 5.97 Å². The van der Waals surface area contributed by atoms with E-state index in [1.54, 1.807) is 33.3 Å². The lowest BCUT2D eigenvalue weighted by atomic mass is 9.71. The van der Waals surface area contributed by atoms with Gasteiger partial charge in [-0.05, 0) is 69.9 Å². The van der Waals surface area contributed by atoms with Gasteiger partial charge in [-0.3, -0.25) is 4.79 Å². The van der Waals surface area contributed by atoms with Crippen LogP contribution in [0.5, 0.6) is 0 Å². The Hall–Kier alpha value is -2.31. The van der Waals surface area contributed by atoms with E-state index in [4.69, 9.17) is 47.4 Å². The largest absolute Gasteiger partial charge is 0.462 e. The van der Waals surface area contributed by atoms with Crippen molar-refractivity contribution in [2.45, 2.75) is 191 Å². The highest BCUT2D eigenvalue weighted by Gasteiger charge is 2.60. The Kier molecular flexibility index (Phi) is 15.7. The number of esters is 1. The van der Waals surface area contributed by atoms with Crippen molar-refractivity contribution in [3.8, 4) is 0 Å². The number of allylic oxidation sites excluding steroid dienone is 2. The molecule has 0 aromatic rings. The summed E-state index contributed by atoms with van der Waals surface area (Å²) in [4.78, 5) is 14.4. The average Bonchev–Trinajstić information content (AvgIpc) is 3.60. The third-order valence-corrected chi connectivity index (χ3v) is 14.9. The molecule has 3 N–H and O–H groups in total. The molecule has 354 valence electrons. The maximum Gasteiger partial charge on any atom is 0.316 e. The van der Waals surface area contributed by atoms with Crippen molar-refractivity contribution in [3.63, 3.8) is 0 Å². The van der Waals surface area contributed by atoms with Gasteiger partial charge in [0.25, 0.3) is 0 Å². The molecule has 20 atom stereocenters. The molecule has 14 nitrogen and oxygen atoms in total. The second-order valence-electron chi connectivity index (χ2n) is 19.3. The van der Waals surface area contributed by atoms with Crippen molar-refractivity contribution in [2.75, 3.05) is 27.9 Å². The first-order valence-electron chi connectivity index (χ1n) is 23.4. The molecular formula is C49H75NO13. The summed E-state index contributed by atoms with van der Waals surface area (Å²) in [5.41, 5.74) is 0.180. The minimum atomic E-state index is -1.83. The molecule has 2 bridgehead atoms. The van der Waals surface area contributed by atoms with Gasteiger partial charge in [0.05, 0.1) is 55.4 Å². The fraction of sp³-hybridized carbons (Fsp3) is 0.776. The first kappa shape index (κ1) is 48.6. The summed E-state index contributed by atoms with van der Waals surface area (Å²) in [6, 6.07) is 0.0442. The number of aliphatic hydroxyl groups is 2. The summed E-state index contributed by atoms with van der Waals surface area (Å²) in [5, 5.41) is 27.1. The van der Waals surface area contributed by atoms with Gasteiger partial charge < -0.3 is 62.9 Å². The number of likely N-dealkylation sites (N-methyl/N-ethyl adjacent to an activating group) is 1. The molecule has 0 aromatic carbocycles. The zero-order chi connectivity index (χ0) is 45.4. The fourth-order valence-electron chi connectivity index (χ4n) is 11.0. The lowest BCUT2D eigenvalue weighted by Crippen LogP contribution is -2.58. The van der Waals surface area contributed by atoms with Crippen LogP contribution in [0.25, 0.3) is 0 Å². The SMILES string of the molecule is CCC(C)C1O[C@]2(C=CC1C)CC1CC(CC=C(C)C(OC3CC(OC)C(OC4CC(OC)C(NC)C(C)O4)C(C)O3)C(C)C=CC=C3COC4C(O)C(C)=CC(C(=O)O1)[C@]34O)O2. The Bertz CT molecular complexity index is 1750. The first-order valence-corrected chi connectivity index (χ1v) is 23.4. The molecule has 1 aliphatic carbocycles. The maximum atomic E-state index is 14.4. The number of carbonyl (C=O) groups excluding carboxylic acids is 1. The molecule has 7 aliphatic rings. The summed E-state index contributed by atoms with van der Waals surface area (Å²) in [6.45, 7) is 16.4. The van der Waals surface area contributed by atoms with Crippen LogP contribution >= 0.6 is 0 Å². The highest BCUT2D eigenvalue weighted by atomic mass is 16.7. The summed E-state index contributed by atoms with van der Waals surface area (Å²) >= 11 is 0. The van der Waals surface area contributed by atoms with Crippen LogP contribution in [0.4, 0.5) is 0 Å². The summed E-state index contributed by atoms with van der Waals surface area (Å²) < 4.78 is 64.6. The smallest absolute Gasteiger partial charge is 0.316 e. The molecule has 7 rings (SSSR count). The topological polar surface area (TPSA) is 162 Å². The normalized spacial score (nSPS) is 46.4. The average molecular weight is 886 g/mol. The number of carbonyl (C=O) groups is 1. The molecule has 0 amide bonds. The van der Waals surface area contributed by atoms with Crippen LogP contribution in [0.3, 0.4) is 0 Å². The molecule has 0 radical (unpaired) electrons. The van der Waals surface area contributed by atoms with E-state index in [9.17, 15) is 15.0 Å². The number of nitrogens with one attached hydrogen (secondary N) is 1. The Morgan fingerprint density at radius 2 is 1.63 bits per heavy atom. The summed E-state index contributed by atoms with van der Waals surface area (Å²) in [6.07, 6.45) is 10.7. The molecule has 14 heteroatoms. The molecule has 6 aliphatic heterocycles. The molecule has 4 fully saturated rings. The highest BCUT2D eigenvalue weighted by molar-refractivity contribution is 5.78. The molecule has 63 heavy (non-hydrogen) atoms. The van der Waals surface area contributed by atoms with Gasteiger partial charge in [-0.1, -0.05) is 70.6 Å². The van der Waals surface area contributed by atoms with Gasteiger partial charge in [-0.25, -0.2) is 0 Å². The Balaban J connectivity index is 1.18. The predicted octanol–water partition coefficient (Wildman–Crippen LogP) is 5.60. The number of hydrogen-bond donors (Lipinski definition) is 3. The Morgan fingerprint density at radius 1 is 0.921 bits per heavy atom. The lowest BCUT2D eigenvalue weighted by Gasteiger charge is -2.48. The van der Waals surface area contributed by atoms with Crippen molar-refractivity contribution in [3.05, 3.63) is 59.3 Å². The minimum Gasteiger partial charge on any atom is -0.462 e. The molecule has 6 heterocycles. The van der Waals surface area contributed by atoms with Crippen molar-refractivity contribution in [1.29, 1.82) is 0 Å². The van der Waals surface area contributed by atoms with Gasteiger partial charge in [0, 0.05) is 51.7 Å². The predicted molar refractivity (Wildman–Crippen MR) is 234 cm³/mol. The zero-order valence-electron chi connectivity index (χ0n) is 39.3. The van der Waals surface area contributed by atoms with Crippen LogP contribution in [0.2, 0.25) is 0 Å². The van der Waals surface area contributed by atoms with E-state index in [0.717, 1.165) is 12.0 Å². The second kappa shape index (κ2) is 20.3. The monoisotopic (exact) mass is 886 g/mol. The van der Waals surface area contributed by atoms with Gasteiger partial charge in [0.2, 0.25) is 0 Å². The molecular weight excluding hydrogens is 811 g/mol. The lowest BCUT2D eigenvalue weighted by molar-refractivity contribution is -0.312. The number of hydrogen-bond acceptors (Lipinski definition) is 14. The van der Waals surface area contributed by atoms with Crippen LogP contribution in [-0.2, 0) is 52.2 Å². The fourth-order valence-corrected chi connectivity index (χ4v) is 11.0. The van der Waals surface area contributed by atoms with Crippen LogP contribution in [0.15, 0.2) is 59.3 Å². The molecule has 4 saturated heterocycles. The third kappa shape index (κ3) is 10.0. The van der Waals surface area contributed by atoms with E-state index in [1.165, 1.54) is 0 Å². The van der Waals surface area contributed by atoms with E-state index in [-0.39, 0.29) is 67.0 Å². The van der Waals surface area contributed by atoms with Crippen LogP contribution in [0, 0.1) is 23.7 Å². The van der Waals surface area contributed by atoms with Gasteiger partial charge in [0.1, 0.15) is 35.9 Å². The zero-order valence-corrected chi connectivity index (χ0v) is 39.3. The minimum absolute atomic E-state index is 0.0411. The molecule has 0 saturated carbocycles. The number of ether oxygens (including phenoxy) is 10. The van der Waals surface area contributed by atoms with Crippen molar-refractivity contribution in [1.82, 2.24) is 5.32 Å². The van der Waals surface area contributed by atoms with E-state index in [2.05, 4.69) is 52.1 Å². The highest BCUT2D eigenvalue weighted by Crippen LogP contribution is 2.47. The third-order valence-electron chi connectivity index (χ3n) is 14.9. The van der Waals surface area contributed by atoms with Crippen LogP contribution < -0.4 is 5.32 Å². The van der Waals surface area contributed by atoms with Gasteiger partial charge in [0.15, 0.2) is 18.4 Å². The van der Waals surface area contributed by atoms with E-state index >= 15 is 0 Å².